The predicted octanol–water partition coefficient (Wildman–Crippen LogP) is 7.31. The van der Waals surface area contributed by atoms with Gasteiger partial charge in [0.1, 0.15) is 0 Å². The molecule has 0 spiro atoms. The molecule has 2 aliphatic carbocycles. The van der Waals surface area contributed by atoms with Gasteiger partial charge in [-0.25, -0.2) is 0 Å². The van der Waals surface area contributed by atoms with Crippen LogP contribution in [0.25, 0.3) is 11.1 Å². The normalized spacial score (nSPS) is 15.6. The van der Waals surface area contributed by atoms with E-state index in [0.29, 0.717) is 20.8 Å². The van der Waals surface area contributed by atoms with Crippen LogP contribution in [0.1, 0.15) is 121 Å². The standard InChI is InChI=1S/C21H25.C15H8F6.C11H17.2ClH.Zr/c1-20(2,3)16-7-9-18-14(12-16)11-15-13-17(21(4,5)6)8-10-19(15)18;16-14(17,18)12-5-1-3-10(8-12)7-11-4-2-6-13(9-11)15(19,20)21;1-8-6-9(2)10(7-8)11(3,4)5;;;/h7-10,12H,11H2,1-6H3;1-6,8-9H;7-8H,1-5H3;2*1H;/q;;;;;+2/p-2. The maximum absolute atomic E-state index is 14.5. The van der Waals surface area contributed by atoms with E-state index in [1.807, 2.05) is 0 Å². The first-order chi connectivity index (χ1) is 24.8. The Kier molecular flexibility index (Phi) is 13.0. The Morgan fingerprint density at radius 1 is 0.607 bits per heavy atom. The van der Waals surface area contributed by atoms with Crippen molar-refractivity contribution in [3.05, 3.63) is 144 Å². The molecule has 0 nitrogen and oxygen atoms in total. The Bertz CT molecular complexity index is 2190. The van der Waals surface area contributed by atoms with Crippen LogP contribution in [0.2, 0.25) is 0 Å². The van der Waals surface area contributed by atoms with Crippen LogP contribution in [0, 0.1) is 11.3 Å². The van der Waals surface area contributed by atoms with Crippen molar-refractivity contribution in [1.29, 1.82) is 0 Å². The third-order valence-corrected chi connectivity index (χ3v) is 19.6. The van der Waals surface area contributed by atoms with Crippen molar-refractivity contribution >= 4 is 6.48 Å². The summed E-state index contributed by atoms with van der Waals surface area (Å²) in [5.41, 5.74) is 7.58. The van der Waals surface area contributed by atoms with Gasteiger partial charge in [-0.15, -0.1) is 0 Å². The Labute approximate surface area is 348 Å². The fourth-order valence-electron chi connectivity index (χ4n) is 8.38. The number of hydrogen-bond acceptors (Lipinski definition) is 0. The van der Waals surface area contributed by atoms with Gasteiger partial charge >= 0.3 is 326 Å². The Balaban J connectivity index is 0.00000348. The Hall–Kier alpha value is -2.73. The predicted molar refractivity (Wildman–Crippen MR) is 207 cm³/mol. The second-order valence-electron chi connectivity index (χ2n) is 18.1. The smallest absolute Gasteiger partial charge is 1.00 e. The molecule has 0 heterocycles. The third kappa shape index (κ3) is 8.81. The molecule has 4 aromatic carbocycles. The molecular weight excluding hydrogens is 841 g/mol. The van der Waals surface area contributed by atoms with E-state index in [-0.39, 0.29) is 47.0 Å². The van der Waals surface area contributed by atoms with Gasteiger partial charge in [-0.2, -0.15) is 0 Å². The first-order valence-electron chi connectivity index (χ1n) is 18.6. The van der Waals surface area contributed by atoms with Gasteiger partial charge < -0.3 is 24.8 Å². The monoisotopic (exact) mass is 888 g/mol. The zero-order valence-corrected chi connectivity index (χ0v) is 37.9. The molecule has 9 heteroatoms. The van der Waals surface area contributed by atoms with Crippen molar-refractivity contribution in [2.75, 3.05) is 0 Å². The van der Waals surface area contributed by atoms with Crippen molar-refractivity contribution < 1.29 is 72.4 Å². The number of benzene rings is 4. The van der Waals surface area contributed by atoms with Gasteiger partial charge in [0.25, 0.3) is 0 Å². The van der Waals surface area contributed by atoms with E-state index in [4.69, 9.17) is 0 Å². The zero-order chi connectivity index (χ0) is 39.9. The number of allylic oxidation sites excluding steroid dienone is 4. The summed E-state index contributed by atoms with van der Waals surface area (Å²) >= 11 is -3.88. The molecule has 298 valence electrons. The first kappa shape index (κ1) is 46.0. The summed E-state index contributed by atoms with van der Waals surface area (Å²) in [5, 5.41) is 0. The molecule has 4 aromatic rings. The molecule has 1 atom stereocenters. The van der Waals surface area contributed by atoms with Crippen LogP contribution < -0.4 is 28.1 Å². The number of halogens is 8. The summed E-state index contributed by atoms with van der Waals surface area (Å²) in [6, 6.07) is 21.6. The minimum absolute atomic E-state index is 0. The van der Waals surface area contributed by atoms with Crippen molar-refractivity contribution in [1.82, 2.24) is 0 Å². The maximum atomic E-state index is 14.5. The van der Waals surface area contributed by atoms with Crippen LogP contribution in [0.5, 0.6) is 0 Å². The van der Waals surface area contributed by atoms with Crippen LogP contribution in [0.15, 0.2) is 99.4 Å². The van der Waals surface area contributed by atoms with Crippen molar-refractivity contribution in [3.8, 4) is 11.1 Å². The van der Waals surface area contributed by atoms with E-state index in [1.165, 1.54) is 32.1 Å². The van der Waals surface area contributed by atoms with E-state index >= 15 is 0 Å². The molecule has 0 saturated carbocycles. The SMILES string of the molecule is CC1=[C]([Zr+2](=[C](c2cccc(C(F)(F)F)c2)c2cccc(C(F)(F)F)c2)[c]2c(C(C)(C)C)ccc3c2Cc2cc(C(C)(C)C)ccc2-3)C(C)C=C1C(C)(C)C.[Cl-].[Cl-]. The fraction of sp³-hybridized carbons (Fsp3) is 0.383. The van der Waals surface area contributed by atoms with Gasteiger partial charge in [0.15, 0.2) is 0 Å². The van der Waals surface area contributed by atoms with E-state index in [1.54, 1.807) is 12.1 Å². The molecule has 6 rings (SSSR count). The number of hydrogen-bond donors (Lipinski definition) is 0. The molecule has 0 bridgehead atoms. The average Bonchev–Trinajstić information content (AvgIpc) is 3.57. The van der Waals surface area contributed by atoms with Crippen LogP contribution in [-0.4, -0.2) is 3.21 Å². The molecule has 0 saturated heterocycles. The van der Waals surface area contributed by atoms with Gasteiger partial charge in [-0.05, 0) is 0 Å². The molecule has 0 aromatic heterocycles. The molecule has 0 N–H and O–H groups in total. The van der Waals surface area contributed by atoms with Crippen molar-refractivity contribution in [3.63, 3.8) is 0 Å². The van der Waals surface area contributed by atoms with E-state index < -0.39 is 44.7 Å². The number of alkyl halides is 6. The second kappa shape index (κ2) is 15.8. The van der Waals surface area contributed by atoms with Gasteiger partial charge in [-0.1, -0.05) is 0 Å². The maximum Gasteiger partial charge on any atom is -1.00 e. The number of rotatable bonds is 4. The van der Waals surface area contributed by atoms with Crippen LogP contribution in [0.4, 0.5) is 26.3 Å². The average molecular weight is 891 g/mol. The molecule has 56 heavy (non-hydrogen) atoms. The van der Waals surface area contributed by atoms with Crippen molar-refractivity contribution in [2.45, 2.75) is 106 Å². The second-order valence-corrected chi connectivity index (χ2v) is 23.8. The molecular formula is C47H50Cl2F6Zr. The summed E-state index contributed by atoms with van der Waals surface area (Å²) in [6.07, 6.45) is -6.33. The van der Waals surface area contributed by atoms with E-state index in [9.17, 15) is 26.3 Å². The Morgan fingerprint density at radius 3 is 1.57 bits per heavy atom. The minimum Gasteiger partial charge on any atom is -1.00 e. The van der Waals surface area contributed by atoms with Gasteiger partial charge in [-0.3, -0.25) is 0 Å². The third-order valence-electron chi connectivity index (χ3n) is 11.0. The van der Waals surface area contributed by atoms with E-state index in [2.05, 4.69) is 113 Å². The van der Waals surface area contributed by atoms with Crippen molar-refractivity contribution in [2.24, 2.45) is 11.3 Å². The summed E-state index contributed by atoms with van der Waals surface area (Å²) < 4.78 is 89.9. The minimum atomic E-state index is -4.63. The fourth-order valence-corrected chi connectivity index (χ4v) is 18.2. The van der Waals surface area contributed by atoms with Gasteiger partial charge in [0, 0.05) is 0 Å². The Morgan fingerprint density at radius 2 is 1.12 bits per heavy atom. The van der Waals surface area contributed by atoms with Crippen LogP contribution >= 0.6 is 0 Å². The molecule has 1 unspecified atom stereocenters. The quantitative estimate of drug-likeness (QED) is 0.166. The van der Waals surface area contributed by atoms with Gasteiger partial charge in [0.05, 0.1) is 0 Å². The topological polar surface area (TPSA) is 0 Å². The summed E-state index contributed by atoms with van der Waals surface area (Å²) in [5.74, 6) is -0.0554. The summed E-state index contributed by atoms with van der Waals surface area (Å²) in [6.45, 7) is 23.8. The molecule has 0 aliphatic heterocycles. The van der Waals surface area contributed by atoms with E-state index in [0.717, 1.165) is 55.4 Å². The van der Waals surface area contributed by atoms with Gasteiger partial charge in [0.2, 0.25) is 0 Å². The molecule has 0 radical (unpaired) electrons. The van der Waals surface area contributed by atoms with Crippen LogP contribution in [0.3, 0.4) is 0 Å². The summed E-state index contributed by atoms with van der Waals surface area (Å²) in [7, 11) is 0. The number of fused-ring (bicyclic) bond motifs is 3. The largest absolute Gasteiger partial charge is 1.00 e. The molecule has 2 aliphatic rings. The zero-order valence-electron chi connectivity index (χ0n) is 33.9. The van der Waals surface area contributed by atoms with Crippen LogP contribution in [-0.2, 0) is 50.9 Å². The molecule has 0 fully saturated rings. The molecule has 0 amide bonds. The first-order valence-corrected chi connectivity index (χ1v) is 22.3. The summed E-state index contributed by atoms with van der Waals surface area (Å²) in [4.78, 5) is 0.